The van der Waals surface area contributed by atoms with Gasteiger partial charge in [0.2, 0.25) is 5.91 Å². The molecule has 1 aliphatic carbocycles. The normalized spacial score (nSPS) is 19.8. The van der Waals surface area contributed by atoms with Crippen LogP contribution in [0.5, 0.6) is 0 Å². The van der Waals surface area contributed by atoms with Gasteiger partial charge in [-0.2, -0.15) is 0 Å². The summed E-state index contributed by atoms with van der Waals surface area (Å²) in [5.41, 5.74) is 1.31. The molecule has 0 aromatic heterocycles. The van der Waals surface area contributed by atoms with Crippen LogP contribution in [-0.2, 0) is 14.6 Å². The smallest absolute Gasteiger partial charge is 0.230 e. The molecule has 4 nitrogen and oxygen atoms in total. The van der Waals surface area contributed by atoms with E-state index in [2.05, 4.69) is 0 Å². The second-order valence-electron chi connectivity index (χ2n) is 6.14. The van der Waals surface area contributed by atoms with E-state index in [4.69, 9.17) is 0 Å². The minimum absolute atomic E-state index is 0.0611. The molecule has 1 fully saturated rings. The second-order valence-corrected chi connectivity index (χ2v) is 8.12. The average molecular weight is 347 g/mol. The monoisotopic (exact) mass is 347 g/mol. The van der Waals surface area contributed by atoms with Crippen molar-refractivity contribution in [2.75, 3.05) is 18.2 Å². The number of benzene rings is 2. The second kappa shape index (κ2) is 6.02. The Kier molecular flexibility index (Phi) is 4.17. The topological polar surface area (TPSA) is 54.5 Å². The number of anilines is 1. The molecule has 0 saturated heterocycles. The number of hydrogen-bond acceptors (Lipinski definition) is 3. The largest absolute Gasteiger partial charge is 0.314 e. The van der Waals surface area contributed by atoms with Crippen LogP contribution in [0.2, 0.25) is 0 Å². The Morgan fingerprint density at radius 3 is 2.38 bits per heavy atom. The predicted molar refractivity (Wildman–Crippen MR) is 90.2 cm³/mol. The fourth-order valence-electron chi connectivity index (χ4n) is 2.96. The van der Waals surface area contributed by atoms with Gasteiger partial charge in [-0.15, -0.1) is 0 Å². The van der Waals surface area contributed by atoms with Gasteiger partial charge < -0.3 is 4.90 Å². The predicted octanol–water partition coefficient (Wildman–Crippen LogP) is 3.00. The lowest BCUT2D eigenvalue weighted by molar-refractivity contribution is -0.119. The van der Waals surface area contributed by atoms with Crippen LogP contribution in [0.25, 0.3) is 0 Å². The van der Waals surface area contributed by atoms with E-state index in [0.29, 0.717) is 12.1 Å². The summed E-state index contributed by atoms with van der Waals surface area (Å²) < 4.78 is 36.8. The number of amides is 1. The molecule has 6 heteroatoms. The molecule has 0 spiro atoms. The Morgan fingerprint density at radius 1 is 1.12 bits per heavy atom. The van der Waals surface area contributed by atoms with E-state index in [1.807, 2.05) is 0 Å². The summed E-state index contributed by atoms with van der Waals surface area (Å²) in [5.74, 6) is -0.569. The molecule has 0 heterocycles. The molecule has 1 amide bonds. The number of sulfone groups is 1. The number of halogens is 1. The van der Waals surface area contributed by atoms with E-state index in [9.17, 15) is 17.6 Å². The van der Waals surface area contributed by atoms with Gasteiger partial charge in [0.25, 0.3) is 0 Å². The summed E-state index contributed by atoms with van der Waals surface area (Å²) in [7, 11) is -1.83. The minimum atomic E-state index is -3.42. The molecule has 2 aromatic carbocycles. The summed E-state index contributed by atoms with van der Waals surface area (Å²) in [6.45, 7) is 0. The van der Waals surface area contributed by atoms with Crippen LogP contribution >= 0.6 is 0 Å². The van der Waals surface area contributed by atoms with Crippen LogP contribution in [0.1, 0.15) is 17.9 Å². The van der Waals surface area contributed by atoms with Gasteiger partial charge in [-0.25, -0.2) is 12.8 Å². The van der Waals surface area contributed by atoms with Crippen molar-refractivity contribution in [3.63, 3.8) is 0 Å². The van der Waals surface area contributed by atoms with Gasteiger partial charge in [-0.1, -0.05) is 24.3 Å². The third-order valence-electron chi connectivity index (χ3n) is 4.36. The Labute approximate surface area is 140 Å². The summed E-state index contributed by atoms with van der Waals surface area (Å²) in [5, 5.41) is 0. The number of rotatable bonds is 4. The molecule has 0 bridgehead atoms. The van der Waals surface area contributed by atoms with Gasteiger partial charge in [-0.05, 0) is 42.2 Å². The van der Waals surface area contributed by atoms with Crippen LogP contribution in [0.15, 0.2) is 53.4 Å². The Bertz CT molecular complexity index is 877. The summed E-state index contributed by atoms with van der Waals surface area (Å²) in [4.78, 5) is 14.2. The fourth-order valence-corrected chi connectivity index (χ4v) is 3.87. The molecule has 1 saturated carbocycles. The molecule has 2 unspecified atom stereocenters. The summed E-state index contributed by atoms with van der Waals surface area (Å²) in [6, 6.07) is 12.6. The number of hydrogen-bond donors (Lipinski definition) is 0. The van der Waals surface area contributed by atoms with Crippen LogP contribution in [-0.4, -0.2) is 27.6 Å². The number of carbonyl (C=O) groups is 1. The first kappa shape index (κ1) is 16.6. The number of para-hydroxylation sites is 1. The summed E-state index contributed by atoms with van der Waals surface area (Å²) in [6.07, 6.45) is 1.82. The molecule has 0 N–H and O–H groups in total. The van der Waals surface area contributed by atoms with Gasteiger partial charge in [0, 0.05) is 19.2 Å². The van der Waals surface area contributed by atoms with Gasteiger partial charge >= 0.3 is 0 Å². The maximum absolute atomic E-state index is 13.0. The zero-order valence-electron chi connectivity index (χ0n) is 13.4. The summed E-state index contributed by atoms with van der Waals surface area (Å²) >= 11 is 0. The van der Waals surface area contributed by atoms with Crippen molar-refractivity contribution in [3.8, 4) is 0 Å². The average Bonchev–Trinajstić information content (AvgIpc) is 3.34. The molecule has 0 radical (unpaired) electrons. The van der Waals surface area contributed by atoms with E-state index in [0.717, 1.165) is 11.8 Å². The lowest BCUT2D eigenvalue weighted by Gasteiger charge is -2.20. The molecule has 24 heavy (non-hydrogen) atoms. The first-order valence-electron chi connectivity index (χ1n) is 7.61. The zero-order chi connectivity index (χ0) is 17.5. The Hall–Kier alpha value is -2.21. The van der Waals surface area contributed by atoms with Crippen molar-refractivity contribution in [2.45, 2.75) is 17.2 Å². The highest BCUT2D eigenvalue weighted by atomic mass is 32.2. The van der Waals surface area contributed by atoms with E-state index in [1.165, 1.54) is 23.1 Å². The molecule has 1 aliphatic rings. The minimum Gasteiger partial charge on any atom is -0.314 e. The quantitative estimate of drug-likeness (QED) is 0.854. The van der Waals surface area contributed by atoms with Crippen LogP contribution < -0.4 is 4.90 Å². The first-order chi connectivity index (χ1) is 11.3. The fraction of sp³-hybridized carbons (Fsp3) is 0.278. The maximum Gasteiger partial charge on any atom is 0.230 e. The molecule has 0 aliphatic heterocycles. The van der Waals surface area contributed by atoms with Crippen LogP contribution in [0.3, 0.4) is 0 Å². The van der Waals surface area contributed by atoms with E-state index in [1.54, 1.807) is 37.4 Å². The highest BCUT2D eigenvalue weighted by Crippen LogP contribution is 2.48. The van der Waals surface area contributed by atoms with Crippen LogP contribution in [0.4, 0.5) is 10.1 Å². The van der Waals surface area contributed by atoms with E-state index in [-0.39, 0.29) is 28.5 Å². The first-order valence-corrected chi connectivity index (χ1v) is 9.50. The number of nitrogens with zero attached hydrogens (tertiary/aromatic N) is 1. The van der Waals surface area contributed by atoms with Gasteiger partial charge in [0.1, 0.15) is 5.82 Å². The Balaban J connectivity index is 1.81. The van der Waals surface area contributed by atoms with Crippen molar-refractivity contribution in [3.05, 3.63) is 59.9 Å². The van der Waals surface area contributed by atoms with Crippen LogP contribution in [0, 0.1) is 11.7 Å². The maximum atomic E-state index is 13.0. The van der Waals surface area contributed by atoms with Crippen molar-refractivity contribution in [1.82, 2.24) is 0 Å². The molecular formula is C18H18FNO3S. The van der Waals surface area contributed by atoms with Gasteiger partial charge in [0.05, 0.1) is 10.6 Å². The van der Waals surface area contributed by atoms with E-state index >= 15 is 0 Å². The van der Waals surface area contributed by atoms with Crippen molar-refractivity contribution < 1.29 is 17.6 Å². The van der Waals surface area contributed by atoms with Crippen molar-refractivity contribution in [2.24, 2.45) is 5.92 Å². The third-order valence-corrected chi connectivity index (χ3v) is 5.51. The standard InChI is InChI=1S/C18H18FNO3S/c1-20(16-5-3-4-6-17(16)24(2,22)23)18(21)15-11-14(15)12-7-9-13(19)10-8-12/h3-10,14-15H,11H2,1-2H3. The van der Waals surface area contributed by atoms with Gasteiger partial charge in [-0.3, -0.25) is 4.79 Å². The lowest BCUT2D eigenvalue weighted by atomic mass is 10.1. The van der Waals surface area contributed by atoms with Gasteiger partial charge in [0.15, 0.2) is 9.84 Å². The zero-order valence-corrected chi connectivity index (χ0v) is 14.3. The van der Waals surface area contributed by atoms with Crippen molar-refractivity contribution in [1.29, 1.82) is 0 Å². The Morgan fingerprint density at radius 2 is 1.75 bits per heavy atom. The highest BCUT2D eigenvalue weighted by molar-refractivity contribution is 7.90. The van der Waals surface area contributed by atoms with E-state index < -0.39 is 9.84 Å². The van der Waals surface area contributed by atoms with Crippen molar-refractivity contribution >= 4 is 21.4 Å². The molecule has 2 atom stereocenters. The molecular weight excluding hydrogens is 329 g/mol. The molecule has 126 valence electrons. The SMILES string of the molecule is CN(C(=O)C1CC1c1ccc(F)cc1)c1ccccc1S(C)(=O)=O. The lowest BCUT2D eigenvalue weighted by Crippen LogP contribution is -2.29. The molecule has 3 rings (SSSR count). The molecule has 2 aromatic rings. The highest BCUT2D eigenvalue weighted by Gasteiger charge is 2.45. The number of carbonyl (C=O) groups excluding carboxylic acids is 1. The third kappa shape index (κ3) is 3.19.